The van der Waals surface area contributed by atoms with E-state index < -0.39 is 29.9 Å². The number of urea groups is 1. The van der Waals surface area contributed by atoms with Crippen LogP contribution in [0.1, 0.15) is 12.5 Å². The molecule has 2 aliphatic heterocycles. The second kappa shape index (κ2) is 7.02. The van der Waals surface area contributed by atoms with E-state index in [0.29, 0.717) is 22.7 Å². The molecule has 8 nitrogen and oxygen atoms in total. The lowest BCUT2D eigenvalue weighted by Gasteiger charge is -2.24. The van der Waals surface area contributed by atoms with E-state index in [1.165, 1.54) is 0 Å². The van der Waals surface area contributed by atoms with E-state index in [1.807, 2.05) is 42.5 Å². The number of hydrogen-bond acceptors (Lipinski definition) is 5. The number of ether oxygens (including phenoxy) is 2. The van der Waals surface area contributed by atoms with Crippen molar-refractivity contribution in [2.75, 3.05) is 18.7 Å². The molecule has 1 atom stereocenters. The van der Waals surface area contributed by atoms with Crippen molar-refractivity contribution in [3.8, 4) is 11.5 Å². The Morgan fingerprint density at radius 1 is 1.06 bits per heavy atom. The lowest BCUT2D eigenvalue weighted by Crippen LogP contribution is -2.42. The van der Waals surface area contributed by atoms with Crippen LogP contribution in [0.4, 0.5) is 10.5 Å². The van der Waals surface area contributed by atoms with Crippen LogP contribution in [0.15, 0.2) is 60.7 Å². The van der Waals surface area contributed by atoms with Crippen LogP contribution >= 0.6 is 0 Å². The number of nitrogens with zero attached hydrogens (tertiary/aromatic N) is 1. The number of amides is 4. The Labute approximate surface area is 177 Å². The van der Waals surface area contributed by atoms with Gasteiger partial charge < -0.3 is 20.1 Å². The maximum atomic E-state index is 13.2. The summed E-state index contributed by atoms with van der Waals surface area (Å²) >= 11 is 0. The highest BCUT2D eigenvalue weighted by molar-refractivity contribution is 6.11. The van der Waals surface area contributed by atoms with Gasteiger partial charge in [0.05, 0.1) is 0 Å². The van der Waals surface area contributed by atoms with Gasteiger partial charge in [0.15, 0.2) is 11.5 Å². The van der Waals surface area contributed by atoms with Crippen LogP contribution in [0.25, 0.3) is 10.8 Å². The summed E-state index contributed by atoms with van der Waals surface area (Å²) in [5, 5.41) is 7.28. The molecular formula is C23H19N3O5. The van der Waals surface area contributed by atoms with Gasteiger partial charge in [-0.05, 0) is 35.4 Å². The number of carbonyl (C=O) groups is 3. The number of fused-ring (bicyclic) bond motifs is 2. The van der Waals surface area contributed by atoms with Gasteiger partial charge in [0.1, 0.15) is 12.1 Å². The molecule has 3 aromatic rings. The number of anilines is 1. The average Bonchev–Trinajstić information content (AvgIpc) is 3.31. The van der Waals surface area contributed by atoms with E-state index in [2.05, 4.69) is 10.6 Å². The maximum absolute atomic E-state index is 13.2. The highest BCUT2D eigenvalue weighted by Crippen LogP contribution is 2.35. The Morgan fingerprint density at radius 3 is 2.71 bits per heavy atom. The predicted molar refractivity (Wildman–Crippen MR) is 113 cm³/mol. The van der Waals surface area contributed by atoms with Gasteiger partial charge in [0.2, 0.25) is 12.7 Å². The highest BCUT2D eigenvalue weighted by atomic mass is 16.7. The molecule has 0 spiro atoms. The maximum Gasteiger partial charge on any atom is 0.325 e. The molecule has 2 heterocycles. The van der Waals surface area contributed by atoms with Gasteiger partial charge in [0.25, 0.3) is 5.91 Å². The van der Waals surface area contributed by atoms with Crippen LogP contribution in [0, 0.1) is 0 Å². The van der Waals surface area contributed by atoms with Crippen LogP contribution < -0.4 is 20.1 Å². The quantitative estimate of drug-likeness (QED) is 0.636. The van der Waals surface area contributed by atoms with Crippen LogP contribution in [-0.2, 0) is 15.1 Å². The van der Waals surface area contributed by atoms with Crippen molar-refractivity contribution < 1.29 is 23.9 Å². The summed E-state index contributed by atoms with van der Waals surface area (Å²) in [6.07, 6.45) is 0. The normalized spacial score (nSPS) is 19.6. The molecule has 2 aliphatic rings. The van der Waals surface area contributed by atoms with Crippen LogP contribution in [-0.4, -0.2) is 36.1 Å². The summed E-state index contributed by atoms with van der Waals surface area (Å²) in [6.45, 7) is 1.38. The summed E-state index contributed by atoms with van der Waals surface area (Å²) < 4.78 is 10.5. The minimum Gasteiger partial charge on any atom is -0.454 e. The Morgan fingerprint density at radius 2 is 1.84 bits per heavy atom. The Bertz CT molecular complexity index is 1240. The second-order valence-electron chi connectivity index (χ2n) is 7.59. The zero-order valence-electron chi connectivity index (χ0n) is 16.7. The standard InChI is InChI=1S/C23H19N3O5/c1-23(17-8-4-6-14-5-2-3-7-16(14)17)21(28)26(22(29)25-23)12-20(27)24-15-9-10-18-19(11-15)31-13-30-18/h2-11H,12-13H2,1H3,(H,24,27)(H,25,29). The van der Waals surface area contributed by atoms with Crippen molar-refractivity contribution in [3.63, 3.8) is 0 Å². The molecule has 8 heteroatoms. The fourth-order valence-electron chi connectivity index (χ4n) is 4.00. The molecular weight excluding hydrogens is 398 g/mol. The number of rotatable bonds is 4. The lowest BCUT2D eigenvalue weighted by molar-refractivity contribution is -0.133. The Kier molecular flexibility index (Phi) is 4.28. The third kappa shape index (κ3) is 3.13. The SMILES string of the molecule is CC1(c2cccc3ccccc23)NC(=O)N(CC(=O)Nc2ccc3c(c2)OCO3)C1=O. The molecule has 4 amide bonds. The fraction of sp³-hybridized carbons (Fsp3) is 0.174. The molecule has 0 aromatic heterocycles. The smallest absolute Gasteiger partial charge is 0.325 e. The van der Waals surface area contributed by atoms with E-state index in [1.54, 1.807) is 25.1 Å². The van der Waals surface area contributed by atoms with Crippen molar-refractivity contribution >= 4 is 34.3 Å². The van der Waals surface area contributed by atoms with Crippen LogP contribution in [0.3, 0.4) is 0 Å². The lowest BCUT2D eigenvalue weighted by atomic mass is 9.88. The molecule has 0 bridgehead atoms. The van der Waals surface area contributed by atoms with E-state index in [0.717, 1.165) is 15.7 Å². The highest BCUT2D eigenvalue weighted by Gasteiger charge is 2.50. The van der Waals surface area contributed by atoms with E-state index in [-0.39, 0.29) is 6.79 Å². The number of carbonyl (C=O) groups excluding carboxylic acids is 3. The molecule has 1 unspecified atom stereocenters. The molecule has 2 N–H and O–H groups in total. The van der Waals surface area contributed by atoms with E-state index in [9.17, 15) is 14.4 Å². The number of benzene rings is 3. The summed E-state index contributed by atoms with van der Waals surface area (Å²) in [4.78, 5) is 39.4. The first-order chi connectivity index (χ1) is 15.0. The summed E-state index contributed by atoms with van der Waals surface area (Å²) in [5.41, 5.74) is -0.0995. The zero-order chi connectivity index (χ0) is 21.6. The molecule has 3 aromatic carbocycles. The van der Waals surface area contributed by atoms with Crippen molar-refractivity contribution in [1.82, 2.24) is 10.2 Å². The number of nitrogens with one attached hydrogen (secondary N) is 2. The monoisotopic (exact) mass is 417 g/mol. The van der Waals surface area contributed by atoms with Crippen LogP contribution in [0.5, 0.6) is 11.5 Å². The van der Waals surface area contributed by atoms with Crippen LogP contribution in [0.2, 0.25) is 0 Å². The molecule has 5 rings (SSSR count). The molecule has 31 heavy (non-hydrogen) atoms. The molecule has 1 saturated heterocycles. The first-order valence-electron chi connectivity index (χ1n) is 9.77. The third-order valence-corrected chi connectivity index (χ3v) is 5.56. The van der Waals surface area contributed by atoms with Crippen molar-refractivity contribution in [1.29, 1.82) is 0 Å². The topological polar surface area (TPSA) is 97.0 Å². The largest absolute Gasteiger partial charge is 0.454 e. The van der Waals surface area contributed by atoms with Gasteiger partial charge in [-0.1, -0.05) is 42.5 Å². The van der Waals surface area contributed by atoms with Crippen molar-refractivity contribution in [2.45, 2.75) is 12.5 Å². The second-order valence-corrected chi connectivity index (χ2v) is 7.59. The molecule has 0 saturated carbocycles. The van der Waals surface area contributed by atoms with Crippen molar-refractivity contribution in [3.05, 3.63) is 66.2 Å². The first-order valence-corrected chi connectivity index (χ1v) is 9.77. The van der Waals surface area contributed by atoms with E-state index in [4.69, 9.17) is 9.47 Å². The zero-order valence-corrected chi connectivity index (χ0v) is 16.7. The number of hydrogen-bond donors (Lipinski definition) is 2. The minimum absolute atomic E-state index is 0.127. The van der Waals surface area contributed by atoms with Gasteiger partial charge in [-0.2, -0.15) is 0 Å². The number of imide groups is 1. The van der Waals surface area contributed by atoms with Gasteiger partial charge in [0, 0.05) is 11.8 Å². The third-order valence-electron chi connectivity index (χ3n) is 5.56. The molecule has 0 radical (unpaired) electrons. The van der Waals surface area contributed by atoms with Gasteiger partial charge in [-0.3, -0.25) is 14.5 Å². The first kappa shape index (κ1) is 18.9. The van der Waals surface area contributed by atoms with E-state index >= 15 is 0 Å². The summed E-state index contributed by atoms with van der Waals surface area (Å²) in [6, 6.07) is 17.6. The summed E-state index contributed by atoms with van der Waals surface area (Å²) in [5.74, 6) is 0.147. The van der Waals surface area contributed by atoms with Gasteiger partial charge in [-0.15, -0.1) is 0 Å². The van der Waals surface area contributed by atoms with Crippen molar-refractivity contribution in [2.24, 2.45) is 0 Å². The van der Waals surface area contributed by atoms with Gasteiger partial charge in [-0.25, -0.2) is 4.79 Å². The fourth-order valence-corrected chi connectivity index (χ4v) is 4.00. The Hall–Kier alpha value is -4.07. The Balaban J connectivity index is 1.37. The molecule has 0 aliphatic carbocycles. The molecule has 156 valence electrons. The average molecular weight is 417 g/mol. The van der Waals surface area contributed by atoms with Gasteiger partial charge >= 0.3 is 6.03 Å². The molecule has 1 fully saturated rings. The predicted octanol–water partition coefficient (Wildman–Crippen LogP) is 2.97. The summed E-state index contributed by atoms with van der Waals surface area (Å²) in [7, 11) is 0. The minimum atomic E-state index is -1.27.